The summed E-state index contributed by atoms with van der Waals surface area (Å²) in [7, 11) is 0. The normalized spacial score (nSPS) is 9.80. The highest BCUT2D eigenvalue weighted by Gasteiger charge is 2.08. The summed E-state index contributed by atoms with van der Waals surface area (Å²) in [5.41, 5.74) is 0.491. The van der Waals surface area contributed by atoms with Gasteiger partial charge in [0, 0.05) is 5.69 Å². The standard InChI is InChI=1S/C13H10N2O3S2/c16-11(10-5-2-6-20-10)15-13(19)14-9-4-1-3-8(7-9)12(17)18/h1-7H,(H,17,18)(H2,14,15,16,19)/p-1. The molecule has 0 radical (unpaired) electrons. The Bertz CT molecular complexity index is 653. The van der Waals surface area contributed by atoms with Gasteiger partial charge >= 0.3 is 0 Å². The lowest BCUT2D eigenvalue weighted by Crippen LogP contribution is -2.33. The van der Waals surface area contributed by atoms with Crippen molar-refractivity contribution in [1.29, 1.82) is 0 Å². The van der Waals surface area contributed by atoms with Gasteiger partial charge in [0.05, 0.1) is 10.8 Å². The molecule has 0 saturated heterocycles. The Hall–Kier alpha value is -2.25. The van der Waals surface area contributed by atoms with Crippen LogP contribution in [0.1, 0.15) is 20.0 Å². The van der Waals surface area contributed by atoms with Crippen molar-refractivity contribution in [3.63, 3.8) is 0 Å². The molecule has 1 amide bonds. The van der Waals surface area contributed by atoms with E-state index in [0.717, 1.165) is 0 Å². The number of hydrogen-bond donors (Lipinski definition) is 2. The summed E-state index contributed by atoms with van der Waals surface area (Å²) in [4.78, 5) is 23.0. The highest BCUT2D eigenvalue weighted by Crippen LogP contribution is 2.11. The molecule has 0 spiro atoms. The monoisotopic (exact) mass is 305 g/mol. The number of carboxylic acids is 1. The van der Waals surface area contributed by atoms with Gasteiger partial charge in [-0.1, -0.05) is 18.2 Å². The maximum atomic E-state index is 11.7. The summed E-state index contributed by atoms with van der Waals surface area (Å²) in [5.74, 6) is -1.59. The molecule has 20 heavy (non-hydrogen) atoms. The second-order valence-corrected chi connectivity index (χ2v) is 5.11. The molecule has 2 rings (SSSR count). The highest BCUT2D eigenvalue weighted by molar-refractivity contribution is 7.80. The number of anilines is 1. The van der Waals surface area contributed by atoms with Crippen molar-refractivity contribution in [1.82, 2.24) is 5.32 Å². The van der Waals surface area contributed by atoms with Crippen LogP contribution in [0.2, 0.25) is 0 Å². The molecule has 102 valence electrons. The van der Waals surface area contributed by atoms with Crippen LogP contribution < -0.4 is 15.7 Å². The SMILES string of the molecule is O=C([O-])c1cccc(NC(=S)NC(=O)c2cccs2)c1. The van der Waals surface area contributed by atoms with Gasteiger partial charge in [-0.2, -0.15) is 0 Å². The fraction of sp³-hybridized carbons (Fsp3) is 0. The van der Waals surface area contributed by atoms with E-state index in [1.165, 1.54) is 23.5 Å². The minimum atomic E-state index is -1.28. The van der Waals surface area contributed by atoms with Gasteiger partial charge in [0.2, 0.25) is 0 Å². The van der Waals surface area contributed by atoms with Gasteiger partial charge in [-0.15, -0.1) is 11.3 Å². The van der Waals surface area contributed by atoms with Gasteiger partial charge in [0.25, 0.3) is 5.91 Å². The largest absolute Gasteiger partial charge is 0.545 e. The molecule has 1 aromatic carbocycles. The highest BCUT2D eigenvalue weighted by atomic mass is 32.1. The molecule has 2 N–H and O–H groups in total. The molecular weight excluding hydrogens is 296 g/mol. The lowest BCUT2D eigenvalue weighted by molar-refractivity contribution is -0.255. The molecule has 2 aromatic rings. The van der Waals surface area contributed by atoms with Gasteiger partial charge in [-0.05, 0) is 41.4 Å². The van der Waals surface area contributed by atoms with Crippen LogP contribution in [0.25, 0.3) is 0 Å². The number of hydrogen-bond acceptors (Lipinski definition) is 5. The maximum Gasteiger partial charge on any atom is 0.267 e. The number of thiophene rings is 1. The first-order valence-corrected chi connectivity index (χ1v) is 6.82. The molecular formula is C13H9N2O3S2-. The first-order chi connectivity index (χ1) is 9.56. The van der Waals surface area contributed by atoms with E-state index in [4.69, 9.17) is 12.2 Å². The predicted molar refractivity (Wildman–Crippen MR) is 78.8 cm³/mol. The molecule has 0 unspecified atom stereocenters. The van der Waals surface area contributed by atoms with Crippen molar-refractivity contribution in [2.45, 2.75) is 0 Å². The van der Waals surface area contributed by atoms with Gasteiger partial charge in [0.1, 0.15) is 0 Å². The number of carbonyl (C=O) groups is 2. The van der Waals surface area contributed by atoms with Crippen molar-refractivity contribution in [2.75, 3.05) is 5.32 Å². The van der Waals surface area contributed by atoms with Crippen molar-refractivity contribution >= 4 is 46.2 Å². The van der Waals surface area contributed by atoms with E-state index in [1.54, 1.807) is 29.6 Å². The van der Waals surface area contributed by atoms with E-state index >= 15 is 0 Å². The zero-order valence-corrected chi connectivity index (χ0v) is 11.7. The number of carboxylic acid groups (broad SMARTS) is 1. The fourth-order valence-electron chi connectivity index (χ4n) is 1.46. The Kier molecular flexibility index (Phi) is 4.44. The van der Waals surface area contributed by atoms with E-state index in [9.17, 15) is 14.7 Å². The summed E-state index contributed by atoms with van der Waals surface area (Å²) in [6.07, 6.45) is 0. The Morgan fingerprint density at radius 3 is 2.65 bits per heavy atom. The lowest BCUT2D eigenvalue weighted by Gasteiger charge is -2.10. The van der Waals surface area contributed by atoms with Crippen molar-refractivity contribution < 1.29 is 14.7 Å². The Labute approximate surface area is 124 Å². The molecule has 1 aromatic heterocycles. The first kappa shape index (κ1) is 14.2. The van der Waals surface area contributed by atoms with E-state index in [1.807, 2.05) is 0 Å². The molecule has 0 aliphatic rings. The summed E-state index contributed by atoms with van der Waals surface area (Å²) in [6, 6.07) is 9.42. The zero-order chi connectivity index (χ0) is 14.5. The quantitative estimate of drug-likeness (QED) is 0.834. The second kappa shape index (κ2) is 6.27. The van der Waals surface area contributed by atoms with Crippen LogP contribution in [0.5, 0.6) is 0 Å². The topological polar surface area (TPSA) is 81.3 Å². The molecule has 0 aliphatic carbocycles. The summed E-state index contributed by atoms with van der Waals surface area (Å²) >= 11 is 6.29. The minimum absolute atomic E-state index is 0.0300. The third kappa shape index (κ3) is 3.62. The van der Waals surface area contributed by atoms with Gasteiger partial charge in [-0.3, -0.25) is 10.1 Å². The molecule has 0 atom stereocenters. The number of aromatic carboxylic acids is 1. The average molecular weight is 305 g/mol. The minimum Gasteiger partial charge on any atom is -0.545 e. The number of carbonyl (C=O) groups excluding carboxylic acids is 2. The van der Waals surface area contributed by atoms with Crippen LogP contribution in [-0.4, -0.2) is 17.0 Å². The van der Waals surface area contributed by atoms with Crippen LogP contribution in [0.15, 0.2) is 41.8 Å². The predicted octanol–water partition coefficient (Wildman–Crippen LogP) is 1.24. The van der Waals surface area contributed by atoms with Crippen LogP contribution in [0.4, 0.5) is 5.69 Å². The smallest absolute Gasteiger partial charge is 0.267 e. The van der Waals surface area contributed by atoms with Crippen molar-refractivity contribution in [3.05, 3.63) is 52.2 Å². The number of nitrogens with one attached hydrogen (secondary N) is 2. The van der Waals surface area contributed by atoms with Gasteiger partial charge in [0.15, 0.2) is 5.11 Å². The van der Waals surface area contributed by atoms with Crippen molar-refractivity contribution in [2.24, 2.45) is 0 Å². The summed E-state index contributed by atoms with van der Waals surface area (Å²) in [6.45, 7) is 0. The number of rotatable bonds is 3. The number of amides is 1. The van der Waals surface area contributed by atoms with Gasteiger partial charge in [-0.25, -0.2) is 0 Å². The summed E-state index contributed by atoms with van der Waals surface area (Å²) in [5, 5.41) is 17.9. The maximum absolute atomic E-state index is 11.7. The molecule has 7 heteroatoms. The molecule has 1 heterocycles. The van der Waals surface area contributed by atoms with Crippen LogP contribution >= 0.6 is 23.6 Å². The van der Waals surface area contributed by atoms with E-state index in [-0.39, 0.29) is 16.6 Å². The lowest BCUT2D eigenvalue weighted by atomic mass is 10.2. The third-order valence-corrected chi connectivity index (χ3v) is 3.40. The third-order valence-electron chi connectivity index (χ3n) is 2.33. The average Bonchev–Trinajstić information content (AvgIpc) is 2.92. The molecule has 0 fully saturated rings. The van der Waals surface area contributed by atoms with E-state index < -0.39 is 5.97 Å². The Morgan fingerprint density at radius 1 is 1.20 bits per heavy atom. The number of thiocarbonyl (C=S) groups is 1. The van der Waals surface area contributed by atoms with Gasteiger partial charge < -0.3 is 15.2 Å². The van der Waals surface area contributed by atoms with E-state index in [2.05, 4.69) is 10.6 Å². The van der Waals surface area contributed by atoms with Crippen LogP contribution in [-0.2, 0) is 0 Å². The molecule has 0 bridgehead atoms. The molecule has 5 nitrogen and oxygen atoms in total. The van der Waals surface area contributed by atoms with E-state index in [0.29, 0.717) is 10.6 Å². The first-order valence-electron chi connectivity index (χ1n) is 5.53. The second-order valence-electron chi connectivity index (χ2n) is 3.75. The Balaban J connectivity index is 1.99. The number of benzene rings is 1. The Morgan fingerprint density at radius 2 is 2.00 bits per heavy atom. The van der Waals surface area contributed by atoms with Crippen LogP contribution in [0.3, 0.4) is 0 Å². The van der Waals surface area contributed by atoms with Crippen LogP contribution in [0, 0.1) is 0 Å². The van der Waals surface area contributed by atoms with Crippen molar-refractivity contribution in [3.8, 4) is 0 Å². The fourth-order valence-corrected chi connectivity index (χ4v) is 2.29. The summed E-state index contributed by atoms with van der Waals surface area (Å²) < 4.78 is 0. The molecule has 0 saturated carbocycles. The molecule has 0 aliphatic heterocycles. The zero-order valence-electron chi connectivity index (χ0n) is 10.1.